The molecule has 0 aliphatic heterocycles. The Morgan fingerprint density at radius 3 is 2.79 bits per heavy atom. The van der Waals surface area contributed by atoms with Gasteiger partial charge in [-0.15, -0.1) is 21.5 Å². The third-order valence-corrected chi connectivity index (χ3v) is 9.01. The van der Waals surface area contributed by atoms with Crippen LogP contribution in [0.2, 0.25) is 0 Å². The number of furan rings is 1. The molecule has 0 atom stereocenters. The van der Waals surface area contributed by atoms with E-state index in [-0.39, 0.29) is 23.4 Å². The monoisotopic (exact) mass is 618 g/mol. The Morgan fingerprint density at radius 1 is 1.28 bits per heavy atom. The molecule has 5 rings (SSSR count). The molecule has 0 spiro atoms. The lowest BCUT2D eigenvalue weighted by Gasteiger charge is -2.12. The molecule has 4 aromatic rings. The van der Waals surface area contributed by atoms with Crippen LogP contribution in [0.25, 0.3) is 17.7 Å². The van der Waals surface area contributed by atoms with Crippen molar-refractivity contribution in [3.63, 3.8) is 0 Å². The number of nitrogens with zero attached hydrogens (tertiary/aromatic N) is 5. The van der Waals surface area contributed by atoms with Crippen LogP contribution in [0, 0.1) is 21.4 Å². The van der Waals surface area contributed by atoms with Crippen molar-refractivity contribution < 1.29 is 23.7 Å². The average molecular weight is 619 g/mol. The van der Waals surface area contributed by atoms with E-state index in [1.807, 2.05) is 17.6 Å². The summed E-state index contributed by atoms with van der Waals surface area (Å²) in [5, 5.41) is 33.6. The van der Waals surface area contributed by atoms with E-state index < -0.39 is 16.8 Å². The van der Waals surface area contributed by atoms with E-state index in [1.54, 1.807) is 19.1 Å². The lowest BCUT2D eigenvalue weighted by atomic mass is 9.95. The van der Waals surface area contributed by atoms with Gasteiger partial charge in [0.05, 0.1) is 23.4 Å². The van der Waals surface area contributed by atoms with Crippen molar-refractivity contribution in [1.29, 1.82) is 5.26 Å². The maximum absolute atomic E-state index is 13.4. The Labute approximate surface area is 254 Å². The van der Waals surface area contributed by atoms with E-state index in [0.29, 0.717) is 45.2 Å². The van der Waals surface area contributed by atoms with Crippen LogP contribution in [0.15, 0.2) is 56.6 Å². The quantitative estimate of drug-likeness (QED) is 0.0702. The lowest BCUT2D eigenvalue weighted by Crippen LogP contribution is -2.16. The number of nitro groups is 1. The number of carbonyl (C=O) groups excluding carboxylic acids is 2. The van der Waals surface area contributed by atoms with E-state index in [4.69, 9.17) is 9.15 Å². The van der Waals surface area contributed by atoms with Crippen LogP contribution >= 0.6 is 23.1 Å². The largest absolute Gasteiger partial charge is 0.462 e. The molecule has 3 heterocycles. The molecule has 14 heteroatoms. The molecule has 1 aromatic carbocycles. The summed E-state index contributed by atoms with van der Waals surface area (Å²) in [6.07, 6.45) is 6.23. The van der Waals surface area contributed by atoms with Crippen LogP contribution < -0.4 is 5.32 Å². The molecule has 1 aliphatic rings. The number of hydrogen-bond acceptors (Lipinski definition) is 11. The standard InChI is InChI=1S/C29H26N6O6S2/c1-3-34-25(21-9-7-13-41-21)32-33-29(34)43-22-12-11-19(35(38)39)15-17(22)14-18(16-30)26(36)31-27-24(28(37)40-4-2)20-8-5-6-10-23(20)42-27/h7,9,11-15H,3-6,8,10H2,1-2H3,(H,31,36)/b18-14-. The highest BCUT2D eigenvalue weighted by Gasteiger charge is 2.28. The number of nitro benzene ring substituents is 1. The topological polar surface area (TPSA) is 166 Å². The zero-order valence-electron chi connectivity index (χ0n) is 23.3. The Balaban J connectivity index is 1.50. The number of aryl methyl sites for hydroxylation is 1. The first kappa shape index (κ1) is 29.7. The van der Waals surface area contributed by atoms with Gasteiger partial charge in [-0.25, -0.2) is 4.79 Å². The number of rotatable bonds is 10. The number of nitrogens with one attached hydrogen (secondary N) is 1. The zero-order chi connectivity index (χ0) is 30.5. The highest BCUT2D eigenvalue weighted by atomic mass is 32.2. The molecule has 0 saturated carbocycles. The van der Waals surface area contributed by atoms with Gasteiger partial charge in [-0.3, -0.25) is 19.5 Å². The van der Waals surface area contributed by atoms with Gasteiger partial charge in [0.15, 0.2) is 16.7 Å². The number of carbonyl (C=O) groups is 2. The number of amides is 1. The Hall–Kier alpha value is -4.74. The molecule has 3 aromatic heterocycles. The van der Waals surface area contributed by atoms with E-state index in [0.717, 1.165) is 29.7 Å². The number of anilines is 1. The molecule has 0 bridgehead atoms. The second kappa shape index (κ2) is 13.1. The number of hydrogen-bond donors (Lipinski definition) is 1. The molecule has 220 valence electrons. The number of fused-ring (bicyclic) bond motifs is 1. The molecule has 1 aliphatic carbocycles. The van der Waals surface area contributed by atoms with E-state index in [9.17, 15) is 25.0 Å². The highest BCUT2D eigenvalue weighted by molar-refractivity contribution is 7.99. The minimum Gasteiger partial charge on any atom is -0.462 e. The van der Waals surface area contributed by atoms with Crippen LogP contribution in [0.4, 0.5) is 10.7 Å². The average Bonchev–Trinajstić information content (AvgIpc) is 3.75. The van der Waals surface area contributed by atoms with Gasteiger partial charge in [-0.05, 0) is 86.7 Å². The summed E-state index contributed by atoms with van der Waals surface area (Å²) in [6.45, 7) is 4.33. The van der Waals surface area contributed by atoms with Crippen molar-refractivity contribution in [3.8, 4) is 17.7 Å². The summed E-state index contributed by atoms with van der Waals surface area (Å²) in [6, 6.07) is 9.58. The number of non-ortho nitro benzene ring substituents is 1. The van der Waals surface area contributed by atoms with Crippen LogP contribution in [-0.2, 0) is 28.9 Å². The van der Waals surface area contributed by atoms with Crippen molar-refractivity contribution in [3.05, 3.63) is 73.8 Å². The molecule has 0 radical (unpaired) electrons. The third-order valence-electron chi connectivity index (χ3n) is 6.72. The van der Waals surface area contributed by atoms with Crippen LogP contribution in [-0.4, -0.2) is 38.2 Å². The third kappa shape index (κ3) is 6.23. The minimum atomic E-state index is -0.745. The molecular formula is C29H26N6O6S2. The summed E-state index contributed by atoms with van der Waals surface area (Å²) in [5.41, 5.74) is 0.963. The lowest BCUT2D eigenvalue weighted by molar-refractivity contribution is -0.384. The Morgan fingerprint density at radius 2 is 2.09 bits per heavy atom. The number of benzene rings is 1. The predicted molar refractivity (Wildman–Crippen MR) is 160 cm³/mol. The SMILES string of the molecule is CCOC(=O)c1c(NC(=O)/C(C#N)=C\c2cc([N+](=O)[O-])ccc2Sc2nnc(-c3ccco3)n2CC)sc2c1CCCC2. The number of aromatic nitrogens is 3. The van der Waals surface area contributed by atoms with E-state index in [1.165, 1.54) is 53.6 Å². The van der Waals surface area contributed by atoms with Crippen LogP contribution in [0.5, 0.6) is 0 Å². The Kier molecular flexibility index (Phi) is 9.03. The molecular weight excluding hydrogens is 592 g/mol. The van der Waals surface area contributed by atoms with Crippen molar-refractivity contribution >= 4 is 51.7 Å². The summed E-state index contributed by atoms with van der Waals surface area (Å²) in [4.78, 5) is 38.8. The van der Waals surface area contributed by atoms with Crippen LogP contribution in [0.1, 0.15) is 53.1 Å². The molecule has 0 unspecified atom stereocenters. The van der Waals surface area contributed by atoms with Gasteiger partial charge in [0.2, 0.25) is 0 Å². The fraction of sp³-hybridized carbons (Fsp3) is 0.276. The second-order valence-electron chi connectivity index (χ2n) is 9.37. The summed E-state index contributed by atoms with van der Waals surface area (Å²) >= 11 is 2.49. The molecule has 43 heavy (non-hydrogen) atoms. The first-order valence-electron chi connectivity index (χ1n) is 13.5. The maximum Gasteiger partial charge on any atom is 0.341 e. The van der Waals surface area contributed by atoms with E-state index >= 15 is 0 Å². The molecule has 0 fully saturated rings. The Bertz CT molecular complexity index is 1770. The summed E-state index contributed by atoms with van der Waals surface area (Å²) in [5.74, 6) is -0.218. The predicted octanol–water partition coefficient (Wildman–Crippen LogP) is 6.28. The second-order valence-corrected chi connectivity index (χ2v) is 11.5. The fourth-order valence-electron chi connectivity index (χ4n) is 4.74. The summed E-state index contributed by atoms with van der Waals surface area (Å²) in [7, 11) is 0. The van der Waals surface area contributed by atoms with Gasteiger partial charge in [0.25, 0.3) is 11.6 Å². The molecule has 1 amide bonds. The normalized spacial score (nSPS) is 12.8. The molecule has 0 saturated heterocycles. The number of esters is 1. The maximum atomic E-state index is 13.4. The fourth-order valence-corrected chi connectivity index (χ4v) is 6.99. The first-order chi connectivity index (χ1) is 20.8. The van der Waals surface area contributed by atoms with Gasteiger partial charge >= 0.3 is 5.97 Å². The molecule has 12 nitrogen and oxygen atoms in total. The van der Waals surface area contributed by atoms with Crippen LogP contribution in [0.3, 0.4) is 0 Å². The van der Waals surface area contributed by atoms with Gasteiger partial charge < -0.3 is 14.5 Å². The number of nitriles is 1. The minimum absolute atomic E-state index is 0.183. The van der Waals surface area contributed by atoms with Crippen molar-refractivity contribution in [2.45, 2.75) is 56.1 Å². The van der Waals surface area contributed by atoms with Gasteiger partial charge in [-0.2, -0.15) is 5.26 Å². The molecule has 1 N–H and O–H groups in total. The highest BCUT2D eigenvalue weighted by Crippen LogP contribution is 2.39. The van der Waals surface area contributed by atoms with E-state index in [2.05, 4.69) is 15.5 Å². The van der Waals surface area contributed by atoms with Gasteiger partial charge in [0, 0.05) is 28.5 Å². The van der Waals surface area contributed by atoms with Gasteiger partial charge in [0.1, 0.15) is 16.6 Å². The number of ether oxygens (including phenoxy) is 1. The van der Waals surface area contributed by atoms with Gasteiger partial charge in [-0.1, -0.05) is 0 Å². The smallest absolute Gasteiger partial charge is 0.341 e. The first-order valence-corrected chi connectivity index (χ1v) is 15.2. The van der Waals surface area contributed by atoms with Crippen molar-refractivity contribution in [2.24, 2.45) is 0 Å². The van der Waals surface area contributed by atoms with Crippen molar-refractivity contribution in [1.82, 2.24) is 14.8 Å². The van der Waals surface area contributed by atoms with Crippen molar-refractivity contribution in [2.75, 3.05) is 11.9 Å². The number of thiophene rings is 1. The summed E-state index contributed by atoms with van der Waals surface area (Å²) < 4.78 is 12.6. The zero-order valence-corrected chi connectivity index (χ0v) is 24.9.